The van der Waals surface area contributed by atoms with Crippen LogP contribution >= 0.6 is 0 Å². The molecule has 0 aliphatic carbocycles. The molecule has 38 heavy (non-hydrogen) atoms. The Labute approximate surface area is 223 Å². The van der Waals surface area contributed by atoms with Crippen LogP contribution in [0.1, 0.15) is 31.4 Å². The van der Waals surface area contributed by atoms with Crippen molar-refractivity contribution in [3.8, 4) is 0 Å². The molecule has 0 saturated heterocycles. The number of aryl methyl sites for hydroxylation is 1. The summed E-state index contributed by atoms with van der Waals surface area (Å²) in [6, 6.07) is 13.0. The molecule has 0 heterocycles. The van der Waals surface area contributed by atoms with Crippen LogP contribution in [0, 0.1) is 12.8 Å². The number of hydrogen-bond acceptors (Lipinski definition) is 6. The van der Waals surface area contributed by atoms with E-state index in [1.165, 1.54) is 12.1 Å². The second-order valence-electron chi connectivity index (χ2n) is 9.32. The lowest BCUT2D eigenvalue weighted by atomic mass is 10.0. The van der Waals surface area contributed by atoms with Crippen LogP contribution < -0.4 is 26.4 Å². The van der Waals surface area contributed by atoms with Gasteiger partial charge in [-0.25, -0.2) is 13.1 Å². The lowest BCUT2D eigenvalue weighted by Crippen LogP contribution is -2.53. The molecule has 206 valence electrons. The van der Waals surface area contributed by atoms with Gasteiger partial charge in [0.05, 0.1) is 18.0 Å². The fourth-order valence-corrected chi connectivity index (χ4v) is 4.50. The first kappa shape index (κ1) is 30.5. The highest BCUT2D eigenvalue weighted by molar-refractivity contribution is 7.89. The number of benzene rings is 2. The number of primary amides is 1. The van der Waals surface area contributed by atoms with Crippen molar-refractivity contribution >= 4 is 33.7 Å². The molecule has 2 rings (SSSR count). The monoisotopic (exact) mass is 545 g/mol. The summed E-state index contributed by atoms with van der Waals surface area (Å²) in [5, 5.41) is 7.47. The first-order valence-corrected chi connectivity index (χ1v) is 13.6. The van der Waals surface area contributed by atoms with E-state index in [0.717, 1.165) is 11.1 Å². The minimum absolute atomic E-state index is 0.00669. The van der Waals surface area contributed by atoms with Gasteiger partial charge in [0, 0.05) is 6.42 Å². The number of rotatable bonds is 14. The minimum atomic E-state index is -3.94. The van der Waals surface area contributed by atoms with Gasteiger partial charge in [-0.2, -0.15) is 0 Å². The van der Waals surface area contributed by atoms with Crippen LogP contribution in [0.5, 0.6) is 0 Å². The predicted octanol–water partition coefficient (Wildman–Crippen LogP) is 0.133. The van der Waals surface area contributed by atoms with Gasteiger partial charge in [-0.15, -0.1) is 0 Å². The summed E-state index contributed by atoms with van der Waals surface area (Å²) >= 11 is 0. The predicted molar refractivity (Wildman–Crippen MR) is 142 cm³/mol. The molecule has 2 aromatic carbocycles. The topological polar surface area (TPSA) is 177 Å². The fourth-order valence-electron chi connectivity index (χ4n) is 3.52. The third-order valence-electron chi connectivity index (χ3n) is 5.50. The highest BCUT2D eigenvalue weighted by Crippen LogP contribution is 2.10. The standard InChI is InChI=1S/C26H35N5O6S/c1-17(2)13-21(25(27)34)30-23(32)15-28-26(35)22(14-19-7-5-4-6-8-19)31-24(33)16-29-38(36,37)20-11-9-18(3)10-12-20/h4-12,17,21-22,29H,13-16H2,1-3H3,(H2,27,34)(H,28,35)(H,30,32)(H,31,33)/t21-,22-/m0/s1. The van der Waals surface area contributed by atoms with Crippen molar-refractivity contribution in [2.24, 2.45) is 11.7 Å². The number of carbonyl (C=O) groups is 4. The van der Waals surface area contributed by atoms with Gasteiger partial charge in [-0.05, 0) is 37.0 Å². The maximum absolute atomic E-state index is 12.9. The molecular formula is C26H35N5O6S. The number of nitrogens with two attached hydrogens (primary N) is 1. The van der Waals surface area contributed by atoms with Crippen LogP contribution in [0.4, 0.5) is 0 Å². The third kappa shape index (κ3) is 10.3. The Balaban J connectivity index is 2.02. The molecule has 6 N–H and O–H groups in total. The quantitative estimate of drug-likeness (QED) is 0.225. The average Bonchev–Trinajstić information content (AvgIpc) is 2.86. The molecule has 12 heteroatoms. The van der Waals surface area contributed by atoms with Gasteiger partial charge in [0.25, 0.3) is 0 Å². The van der Waals surface area contributed by atoms with Crippen molar-refractivity contribution in [1.82, 2.24) is 20.7 Å². The van der Waals surface area contributed by atoms with E-state index >= 15 is 0 Å². The van der Waals surface area contributed by atoms with Gasteiger partial charge in [-0.3, -0.25) is 19.2 Å². The maximum Gasteiger partial charge on any atom is 0.243 e. The van der Waals surface area contributed by atoms with E-state index in [2.05, 4.69) is 20.7 Å². The zero-order chi connectivity index (χ0) is 28.3. The average molecular weight is 546 g/mol. The molecule has 0 aliphatic rings. The Morgan fingerprint density at radius 3 is 2.00 bits per heavy atom. The normalized spacial score (nSPS) is 12.8. The van der Waals surface area contributed by atoms with E-state index < -0.39 is 58.8 Å². The van der Waals surface area contributed by atoms with Crippen LogP contribution in [0.15, 0.2) is 59.5 Å². The number of amides is 4. The smallest absolute Gasteiger partial charge is 0.243 e. The zero-order valence-electron chi connectivity index (χ0n) is 21.7. The Morgan fingerprint density at radius 2 is 1.42 bits per heavy atom. The summed E-state index contributed by atoms with van der Waals surface area (Å²) < 4.78 is 27.2. The summed E-state index contributed by atoms with van der Waals surface area (Å²) in [5.41, 5.74) is 6.97. The Kier molecular flexibility index (Phi) is 11.4. The minimum Gasteiger partial charge on any atom is -0.368 e. The summed E-state index contributed by atoms with van der Waals surface area (Å²) in [5.74, 6) is -2.57. The second-order valence-corrected chi connectivity index (χ2v) is 11.1. The van der Waals surface area contributed by atoms with Crippen molar-refractivity contribution in [3.63, 3.8) is 0 Å². The van der Waals surface area contributed by atoms with Crippen molar-refractivity contribution < 1.29 is 27.6 Å². The number of nitrogens with one attached hydrogen (secondary N) is 4. The Bertz CT molecular complexity index is 1220. The lowest BCUT2D eigenvalue weighted by Gasteiger charge is -2.20. The van der Waals surface area contributed by atoms with Gasteiger partial charge in [0.2, 0.25) is 33.7 Å². The van der Waals surface area contributed by atoms with Crippen molar-refractivity contribution in [2.45, 2.75) is 50.6 Å². The summed E-state index contributed by atoms with van der Waals surface area (Å²) in [6.07, 6.45) is 0.447. The first-order valence-electron chi connectivity index (χ1n) is 12.1. The molecule has 0 aromatic heterocycles. The van der Waals surface area contributed by atoms with E-state index in [1.807, 2.05) is 20.8 Å². The molecule has 0 saturated carbocycles. The van der Waals surface area contributed by atoms with Gasteiger partial charge >= 0.3 is 0 Å². The van der Waals surface area contributed by atoms with Crippen LogP contribution in [0.3, 0.4) is 0 Å². The van der Waals surface area contributed by atoms with Gasteiger partial charge < -0.3 is 21.7 Å². The maximum atomic E-state index is 12.9. The van der Waals surface area contributed by atoms with Crippen LogP contribution in [-0.2, 0) is 35.6 Å². The zero-order valence-corrected chi connectivity index (χ0v) is 22.5. The van der Waals surface area contributed by atoms with Gasteiger partial charge in [-0.1, -0.05) is 61.9 Å². The van der Waals surface area contributed by atoms with E-state index in [1.54, 1.807) is 42.5 Å². The highest BCUT2D eigenvalue weighted by Gasteiger charge is 2.24. The molecule has 0 radical (unpaired) electrons. The highest BCUT2D eigenvalue weighted by atomic mass is 32.2. The van der Waals surface area contributed by atoms with Crippen LogP contribution in [-0.4, -0.2) is 57.2 Å². The van der Waals surface area contributed by atoms with Crippen molar-refractivity contribution in [2.75, 3.05) is 13.1 Å². The summed E-state index contributed by atoms with van der Waals surface area (Å²) in [6.45, 7) is 4.54. The Hall–Kier alpha value is -3.77. The molecular weight excluding hydrogens is 510 g/mol. The lowest BCUT2D eigenvalue weighted by molar-refractivity contribution is -0.131. The molecule has 11 nitrogen and oxygen atoms in total. The van der Waals surface area contributed by atoms with E-state index in [4.69, 9.17) is 5.73 Å². The molecule has 0 fully saturated rings. The summed E-state index contributed by atoms with van der Waals surface area (Å²) in [4.78, 5) is 49.4. The van der Waals surface area contributed by atoms with E-state index in [0.29, 0.717) is 6.42 Å². The fraction of sp³-hybridized carbons (Fsp3) is 0.385. The van der Waals surface area contributed by atoms with Gasteiger partial charge in [0.1, 0.15) is 12.1 Å². The van der Waals surface area contributed by atoms with E-state index in [9.17, 15) is 27.6 Å². The van der Waals surface area contributed by atoms with Gasteiger partial charge in [0.15, 0.2) is 0 Å². The third-order valence-corrected chi connectivity index (χ3v) is 6.91. The molecule has 2 atom stereocenters. The second kappa shape index (κ2) is 14.2. The molecule has 2 aromatic rings. The largest absolute Gasteiger partial charge is 0.368 e. The molecule has 0 spiro atoms. The van der Waals surface area contributed by atoms with Crippen molar-refractivity contribution in [1.29, 1.82) is 0 Å². The number of carbonyl (C=O) groups excluding carboxylic acids is 4. The Morgan fingerprint density at radius 1 is 0.842 bits per heavy atom. The van der Waals surface area contributed by atoms with Crippen molar-refractivity contribution in [3.05, 3.63) is 65.7 Å². The SMILES string of the molecule is Cc1ccc(S(=O)(=O)NCC(=O)N[C@@H](Cc2ccccc2)C(=O)NCC(=O)N[C@@H](CC(C)C)C(N)=O)cc1. The number of sulfonamides is 1. The van der Waals surface area contributed by atoms with Crippen LogP contribution in [0.25, 0.3) is 0 Å². The summed E-state index contributed by atoms with van der Waals surface area (Å²) in [7, 11) is -3.94. The number of hydrogen-bond donors (Lipinski definition) is 5. The molecule has 0 unspecified atom stereocenters. The first-order chi connectivity index (χ1) is 17.9. The van der Waals surface area contributed by atoms with Crippen LogP contribution in [0.2, 0.25) is 0 Å². The molecule has 0 bridgehead atoms. The molecule has 4 amide bonds. The molecule has 0 aliphatic heterocycles. The van der Waals surface area contributed by atoms with E-state index in [-0.39, 0.29) is 17.2 Å².